The number of benzene rings is 2. The Hall–Kier alpha value is -3.15. The highest BCUT2D eigenvalue weighted by Gasteiger charge is 2.05. The molecule has 1 heterocycles. The van der Waals surface area contributed by atoms with E-state index in [4.69, 9.17) is 4.74 Å². The van der Waals surface area contributed by atoms with Gasteiger partial charge in [0.05, 0.1) is 24.2 Å². The topological polar surface area (TPSA) is 76.5 Å². The van der Waals surface area contributed by atoms with Gasteiger partial charge in [0.2, 0.25) is 0 Å². The largest absolute Gasteiger partial charge is 0.496 e. The molecule has 116 valence electrons. The van der Waals surface area contributed by atoms with Gasteiger partial charge in [-0.25, -0.2) is 4.79 Å². The summed E-state index contributed by atoms with van der Waals surface area (Å²) in [5.41, 5.74) is 1.18. The Balaban J connectivity index is 2.06. The molecule has 0 atom stereocenters. The molecule has 0 aliphatic carbocycles. The first-order valence-electron chi connectivity index (χ1n) is 7.03. The molecule has 2 aromatic carbocycles. The van der Waals surface area contributed by atoms with E-state index in [-0.39, 0.29) is 0 Å². The summed E-state index contributed by atoms with van der Waals surface area (Å²) in [6.45, 7) is 1.91. The second-order valence-electron chi connectivity index (χ2n) is 5.07. The number of rotatable bonds is 3. The molecule has 0 bridgehead atoms. The van der Waals surface area contributed by atoms with Crippen LogP contribution in [0.3, 0.4) is 0 Å². The Morgan fingerprint density at radius 1 is 1.17 bits per heavy atom. The molecule has 3 aromatic rings. The summed E-state index contributed by atoms with van der Waals surface area (Å²) in [4.78, 5) is 27.0. The summed E-state index contributed by atoms with van der Waals surface area (Å²) in [5.74, 6) is 0.767. The van der Waals surface area contributed by atoms with Crippen molar-refractivity contribution in [3.8, 4) is 5.75 Å². The van der Waals surface area contributed by atoms with Crippen LogP contribution in [0.2, 0.25) is 0 Å². The minimum atomic E-state index is -0.574. The summed E-state index contributed by atoms with van der Waals surface area (Å²) in [6, 6.07) is 12.3. The maximum Gasteiger partial charge on any atom is 0.349 e. The van der Waals surface area contributed by atoms with Crippen LogP contribution in [0.5, 0.6) is 5.75 Å². The molecular weight excluding hydrogens is 294 g/mol. The fraction of sp³-hybridized carbons (Fsp3) is 0.118. The van der Waals surface area contributed by atoms with E-state index in [1.807, 2.05) is 19.1 Å². The van der Waals surface area contributed by atoms with Crippen molar-refractivity contribution >= 4 is 17.1 Å². The number of methoxy groups -OCH3 is 1. The highest BCUT2D eigenvalue weighted by Crippen LogP contribution is 2.17. The zero-order valence-electron chi connectivity index (χ0n) is 12.7. The Labute approximate surface area is 131 Å². The summed E-state index contributed by atoms with van der Waals surface area (Å²) in [5, 5.41) is 4.43. The molecule has 23 heavy (non-hydrogen) atoms. The van der Waals surface area contributed by atoms with Gasteiger partial charge in [0.25, 0.3) is 5.56 Å². The molecule has 0 saturated carbocycles. The molecule has 0 aliphatic rings. The van der Waals surface area contributed by atoms with Crippen LogP contribution in [0, 0.1) is 6.92 Å². The minimum absolute atomic E-state index is 0.412. The first-order chi connectivity index (χ1) is 11.1. The van der Waals surface area contributed by atoms with E-state index in [1.54, 1.807) is 37.4 Å². The molecule has 0 unspecified atom stereocenters. The normalized spacial score (nSPS) is 11.2. The van der Waals surface area contributed by atoms with Gasteiger partial charge >= 0.3 is 5.69 Å². The van der Waals surface area contributed by atoms with E-state index >= 15 is 0 Å². The minimum Gasteiger partial charge on any atom is -0.496 e. The third kappa shape index (κ3) is 2.78. The van der Waals surface area contributed by atoms with Crippen LogP contribution in [-0.2, 0) is 0 Å². The fourth-order valence-electron chi connectivity index (χ4n) is 2.36. The van der Waals surface area contributed by atoms with Crippen molar-refractivity contribution in [3.05, 3.63) is 74.4 Å². The predicted octanol–water partition coefficient (Wildman–Crippen LogP) is 1.89. The number of aromatic amines is 1. The number of nitrogens with one attached hydrogen (secondary N) is 1. The van der Waals surface area contributed by atoms with Crippen LogP contribution in [0.4, 0.5) is 0 Å². The van der Waals surface area contributed by atoms with Gasteiger partial charge in [-0.2, -0.15) is 5.10 Å². The number of nitrogens with zero attached hydrogens (tertiary/aromatic N) is 2. The van der Waals surface area contributed by atoms with Gasteiger partial charge in [-0.3, -0.25) is 4.79 Å². The van der Waals surface area contributed by atoms with E-state index in [9.17, 15) is 9.59 Å². The van der Waals surface area contributed by atoms with Crippen molar-refractivity contribution < 1.29 is 4.74 Å². The summed E-state index contributed by atoms with van der Waals surface area (Å²) in [7, 11) is 1.60. The average Bonchev–Trinajstić information content (AvgIpc) is 2.55. The predicted molar refractivity (Wildman–Crippen MR) is 89.6 cm³/mol. The maximum absolute atomic E-state index is 12.3. The highest BCUT2D eigenvalue weighted by atomic mass is 16.5. The van der Waals surface area contributed by atoms with E-state index < -0.39 is 11.2 Å². The third-order valence-corrected chi connectivity index (χ3v) is 3.52. The first-order valence-corrected chi connectivity index (χ1v) is 7.03. The molecule has 0 fully saturated rings. The molecule has 0 saturated heterocycles. The van der Waals surface area contributed by atoms with Gasteiger partial charge in [0.15, 0.2) is 0 Å². The molecule has 6 heteroatoms. The van der Waals surface area contributed by atoms with Gasteiger partial charge in [-0.05, 0) is 48.4 Å². The van der Waals surface area contributed by atoms with Gasteiger partial charge in [-0.1, -0.05) is 12.1 Å². The van der Waals surface area contributed by atoms with Crippen molar-refractivity contribution in [2.45, 2.75) is 6.92 Å². The number of aryl methyl sites for hydroxylation is 1. The number of H-pyrrole nitrogens is 1. The van der Waals surface area contributed by atoms with Crippen LogP contribution in [0.1, 0.15) is 11.1 Å². The number of hydrogen-bond acceptors (Lipinski definition) is 4. The Kier molecular flexibility index (Phi) is 3.80. The van der Waals surface area contributed by atoms with E-state index in [0.717, 1.165) is 21.6 Å². The summed E-state index contributed by atoms with van der Waals surface area (Å²) in [6.07, 6.45) is 1.47. The van der Waals surface area contributed by atoms with Gasteiger partial charge in [-0.15, -0.1) is 4.68 Å². The quantitative estimate of drug-likeness (QED) is 0.751. The van der Waals surface area contributed by atoms with E-state index in [1.165, 1.54) is 6.21 Å². The smallest absolute Gasteiger partial charge is 0.349 e. The molecular formula is C17H15N3O3. The lowest BCUT2D eigenvalue weighted by atomic mass is 10.1. The van der Waals surface area contributed by atoms with Crippen molar-refractivity contribution in [1.82, 2.24) is 9.66 Å². The lowest BCUT2D eigenvalue weighted by molar-refractivity contribution is 0.411. The zero-order chi connectivity index (χ0) is 16.4. The molecule has 0 radical (unpaired) electrons. The highest BCUT2D eigenvalue weighted by molar-refractivity contribution is 5.80. The van der Waals surface area contributed by atoms with Crippen molar-refractivity contribution in [3.63, 3.8) is 0 Å². The van der Waals surface area contributed by atoms with E-state index in [0.29, 0.717) is 10.9 Å². The summed E-state index contributed by atoms with van der Waals surface area (Å²) < 4.78 is 6.02. The Bertz CT molecular complexity index is 1020. The number of para-hydroxylation sites is 1. The molecule has 6 nitrogen and oxygen atoms in total. The first kappa shape index (κ1) is 14.8. The third-order valence-electron chi connectivity index (χ3n) is 3.52. The number of fused-ring (bicyclic) bond motifs is 1. The van der Waals surface area contributed by atoms with Crippen LogP contribution < -0.4 is 16.0 Å². The maximum atomic E-state index is 12.3. The van der Waals surface area contributed by atoms with Gasteiger partial charge < -0.3 is 9.72 Å². The van der Waals surface area contributed by atoms with Crippen molar-refractivity contribution in [2.75, 3.05) is 7.11 Å². The van der Waals surface area contributed by atoms with Crippen molar-refractivity contribution in [2.24, 2.45) is 5.10 Å². The summed E-state index contributed by atoms with van der Waals surface area (Å²) >= 11 is 0. The Morgan fingerprint density at radius 2 is 1.96 bits per heavy atom. The molecule has 1 aromatic heterocycles. The molecule has 1 N–H and O–H groups in total. The fourth-order valence-corrected chi connectivity index (χ4v) is 2.36. The monoisotopic (exact) mass is 309 g/mol. The van der Waals surface area contributed by atoms with Crippen LogP contribution >= 0.6 is 0 Å². The molecule has 0 amide bonds. The number of hydrogen-bond donors (Lipinski definition) is 1. The van der Waals surface area contributed by atoms with Crippen LogP contribution in [0.25, 0.3) is 10.9 Å². The molecule has 0 spiro atoms. The lowest BCUT2D eigenvalue weighted by Crippen LogP contribution is -2.32. The molecule has 3 rings (SSSR count). The SMILES string of the molecule is COc1ccc(C=Nn2c(=O)[nH]c3ccccc3c2=O)cc1C. The second-order valence-corrected chi connectivity index (χ2v) is 5.07. The average molecular weight is 309 g/mol. The second kappa shape index (κ2) is 5.92. The van der Waals surface area contributed by atoms with Gasteiger partial charge in [0, 0.05) is 0 Å². The number of ether oxygens (including phenoxy) is 1. The van der Waals surface area contributed by atoms with E-state index in [2.05, 4.69) is 10.1 Å². The molecule has 0 aliphatic heterocycles. The number of aromatic nitrogens is 2. The van der Waals surface area contributed by atoms with Gasteiger partial charge in [0.1, 0.15) is 5.75 Å². The standard InChI is InChI=1S/C17H15N3O3/c1-11-9-12(7-8-15(11)23-2)10-18-20-16(21)13-5-3-4-6-14(13)19-17(20)22/h3-10H,1-2H3,(H,19,22). The van der Waals surface area contributed by atoms with Crippen LogP contribution in [-0.4, -0.2) is 23.0 Å². The Morgan fingerprint density at radius 3 is 2.70 bits per heavy atom. The van der Waals surface area contributed by atoms with Crippen molar-refractivity contribution in [1.29, 1.82) is 0 Å². The lowest BCUT2D eigenvalue weighted by Gasteiger charge is -2.04. The zero-order valence-corrected chi connectivity index (χ0v) is 12.7. The van der Waals surface area contributed by atoms with Crippen LogP contribution in [0.15, 0.2) is 57.2 Å².